The molecule has 3 N–H and O–H groups in total. The zero-order chi connectivity index (χ0) is 24.1. The molecule has 0 saturated carbocycles. The van der Waals surface area contributed by atoms with E-state index in [1.807, 2.05) is 37.3 Å². The van der Waals surface area contributed by atoms with Gasteiger partial charge in [0.05, 0.1) is 6.04 Å². The van der Waals surface area contributed by atoms with Gasteiger partial charge in [-0.05, 0) is 54.4 Å². The zero-order valence-corrected chi connectivity index (χ0v) is 19.1. The smallest absolute Gasteiger partial charge is 0.325 e. The lowest BCUT2D eigenvalue weighted by Crippen LogP contribution is -2.34. The standard InChI is InChI=1S/C20H23Cl2N3O.C2HF3O/c1-3-19(23)20(26)24-14-6-4-12(5-7-14)16-10-25(2)11-17-15(16)8-13(21)9-18(17)22;3-2(4,5)1-6/h4-9,16,19H,3,10-11,23H2,1-2H3,(H,24,26);1H/t16?,19-;/m0./s1. The van der Waals surface area contributed by atoms with E-state index in [0.717, 1.165) is 29.9 Å². The molecule has 3 rings (SSSR count). The molecule has 174 valence electrons. The van der Waals surface area contributed by atoms with Crippen LogP contribution in [0.25, 0.3) is 0 Å². The van der Waals surface area contributed by atoms with Gasteiger partial charge < -0.3 is 16.0 Å². The molecule has 0 saturated heterocycles. The van der Waals surface area contributed by atoms with Crippen molar-refractivity contribution >= 4 is 41.1 Å². The summed E-state index contributed by atoms with van der Waals surface area (Å²) in [6, 6.07) is 11.2. The number of benzene rings is 2. The number of nitrogens with two attached hydrogens (primary N) is 1. The molecule has 0 radical (unpaired) electrons. The van der Waals surface area contributed by atoms with Gasteiger partial charge in [0.25, 0.3) is 0 Å². The van der Waals surface area contributed by atoms with Crippen LogP contribution in [-0.4, -0.2) is 42.9 Å². The molecule has 1 unspecified atom stereocenters. The first-order valence-electron chi connectivity index (χ1n) is 9.81. The molecule has 1 amide bonds. The van der Waals surface area contributed by atoms with Gasteiger partial charge in [-0.25, -0.2) is 0 Å². The number of hydrogen-bond donors (Lipinski definition) is 2. The van der Waals surface area contributed by atoms with E-state index < -0.39 is 18.5 Å². The highest BCUT2D eigenvalue weighted by Gasteiger charge is 2.27. The molecular weight excluding hydrogens is 466 g/mol. The number of halogens is 5. The van der Waals surface area contributed by atoms with E-state index in [9.17, 15) is 18.0 Å². The first-order chi connectivity index (χ1) is 14.9. The van der Waals surface area contributed by atoms with Crippen molar-refractivity contribution in [2.24, 2.45) is 5.73 Å². The van der Waals surface area contributed by atoms with Gasteiger partial charge in [0, 0.05) is 34.7 Å². The molecule has 2 aromatic carbocycles. The topological polar surface area (TPSA) is 75.4 Å². The number of rotatable bonds is 4. The van der Waals surface area contributed by atoms with Gasteiger partial charge in [-0.3, -0.25) is 9.59 Å². The van der Waals surface area contributed by atoms with Crippen LogP contribution in [0.2, 0.25) is 10.0 Å². The van der Waals surface area contributed by atoms with E-state index in [2.05, 4.69) is 17.3 Å². The molecule has 5 nitrogen and oxygen atoms in total. The predicted molar refractivity (Wildman–Crippen MR) is 120 cm³/mol. The number of amides is 1. The van der Waals surface area contributed by atoms with Gasteiger partial charge in [-0.1, -0.05) is 42.3 Å². The van der Waals surface area contributed by atoms with E-state index in [1.54, 1.807) is 6.07 Å². The van der Waals surface area contributed by atoms with E-state index in [-0.39, 0.29) is 11.8 Å². The Morgan fingerprint density at radius 3 is 2.41 bits per heavy atom. The molecule has 2 aromatic rings. The van der Waals surface area contributed by atoms with E-state index >= 15 is 0 Å². The summed E-state index contributed by atoms with van der Waals surface area (Å²) >= 11 is 12.7. The number of nitrogens with one attached hydrogen (secondary N) is 1. The molecular formula is C22H24Cl2F3N3O2. The van der Waals surface area contributed by atoms with Crippen molar-refractivity contribution in [3.05, 3.63) is 63.1 Å². The third-order valence-electron chi connectivity index (χ3n) is 4.98. The minimum Gasteiger partial charge on any atom is -0.325 e. The quantitative estimate of drug-likeness (QED) is 0.592. The molecule has 32 heavy (non-hydrogen) atoms. The second-order valence-corrected chi connectivity index (χ2v) is 8.33. The first-order valence-corrected chi connectivity index (χ1v) is 10.6. The van der Waals surface area contributed by atoms with Crippen LogP contribution < -0.4 is 11.1 Å². The second-order valence-electron chi connectivity index (χ2n) is 7.49. The fourth-order valence-electron chi connectivity index (χ4n) is 3.35. The summed E-state index contributed by atoms with van der Waals surface area (Å²) in [5.41, 5.74) is 9.97. The molecule has 1 aliphatic heterocycles. The van der Waals surface area contributed by atoms with E-state index in [0.29, 0.717) is 16.5 Å². The van der Waals surface area contributed by atoms with Crippen LogP contribution in [0.3, 0.4) is 0 Å². The highest BCUT2D eigenvalue weighted by atomic mass is 35.5. The summed E-state index contributed by atoms with van der Waals surface area (Å²) in [4.78, 5) is 22.9. The molecule has 1 aliphatic rings. The Labute approximate surface area is 194 Å². The predicted octanol–water partition coefficient (Wildman–Crippen LogP) is 4.99. The first kappa shape index (κ1) is 26.1. The van der Waals surface area contributed by atoms with Gasteiger partial charge in [-0.2, -0.15) is 13.2 Å². The average molecular weight is 490 g/mol. The molecule has 0 spiro atoms. The third kappa shape index (κ3) is 7.20. The Morgan fingerprint density at radius 2 is 1.88 bits per heavy atom. The second kappa shape index (κ2) is 11.1. The summed E-state index contributed by atoms with van der Waals surface area (Å²) in [6.45, 7) is 3.58. The minimum atomic E-state index is -4.64. The fourth-order valence-corrected chi connectivity index (χ4v) is 3.92. The van der Waals surface area contributed by atoms with Crippen molar-refractivity contribution in [2.75, 3.05) is 18.9 Å². The number of nitrogens with zero attached hydrogens (tertiary/aromatic N) is 1. The Kier molecular flexibility index (Phi) is 9.09. The van der Waals surface area contributed by atoms with Gasteiger partial charge >= 0.3 is 6.18 Å². The molecule has 0 aromatic heterocycles. The average Bonchev–Trinajstić information content (AvgIpc) is 2.73. The van der Waals surface area contributed by atoms with Crippen LogP contribution in [0.5, 0.6) is 0 Å². The lowest BCUT2D eigenvalue weighted by atomic mass is 9.84. The monoisotopic (exact) mass is 489 g/mol. The largest absolute Gasteiger partial charge is 0.446 e. The highest BCUT2D eigenvalue weighted by Crippen LogP contribution is 2.38. The van der Waals surface area contributed by atoms with Crippen molar-refractivity contribution in [3.63, 3.8) is 0 Å². The van der Waals surface area contributed by atoms with E-state index in [1.165, 1.54) is 5.56 Å². The van der Waals surface area contributed by atoms with Gasteiger partial charge in [0.1, 0.15) is 0 Å². The maximum Gasteiger partial charge on any atom is 0.446 e. The molecule has 10 heteroatoms. The van der Waals surface area contributed by atoms with E-state index in [4.69, 9.17) is 33.7 Å². The van der Waals surface area contributed by atoms with Gasteiger partial charge in [0.15, 0.2) is 0 Å². The number of alkyl halides is 3. The zero-order valence-electron chi connectivity index (χ0n) is 17.5. The molecule has 0 aliphatic carbocycles. The summed E-state index contributed by atoms with van der Waals surface area (Å²) in [5.74, 6) is 0.0177. The summed E-state index contributed by atoms with van der Waals surface area (Å²) in [7, 11) is 2.08. The number of anilines is 1. The number of likely N-dealkylation sites (N-methyl/N-ethyl adjacent to an activating group) is 1. The highest BCUT2D eigenvalue weighted by molar-refractivity contribution is 6.35. The number of carbonyl (C=O) groups excluding carboxylic acids is 2. The van der Waals surface area contributed by atoms with Crippen LogP contribution in [0.4, 0.5) is 18.9 Å². The lowest BCUT2D eigenvalue weighted by molar-refractivity contribution is -0.156. The normalized spacial score (nSPS) is 16.9. The van der Waals surface area contributed by atoms with Crippen LogP contribution >= 0.6 is 23.2 Å². The maximum absolute atomic E-state index is 11.9. The number of carbonyl (C=O) groups is 2. The Hall–Kier alpha value is -2.13. The molecule has 2 atom stereocenters. The Morgan fingerprint density at radius 1 is 1.28 bits per heavy atom. The Bertz CT molecular complexity index is 953. The Balaban J connectivity index is 0.000000534. The van der Waals surface area contributed by atoms with Gasteiger partial charge in [-0.15, -0.1) is 0 Å². The van der Waals surface area contributed by atoms with Crippen molar-refractivity contribution in [1.29, 1.82) is 0 Å². The fraction of sp³-hybridized carbons (Fsp3) is 0.364. The molecule has 1 heterocycles. The summed E-state index contributed by atoms with van der Waals surface area (Å²) < 4.78 is 31.2. The third-order valence-corrected chi connectivity index (χ3v) is 5.54. The SMILES string of the molecule is CC[C@H](N)C(=O)Nc1ccc(C2CN(C)Cc3c(Cl)cc(Cl)cc32)cc1.O=CC(F)(F)F. The summed E-state index contributed by atoms with van der Waals surface area (Å²) in [5, 5.41) is 4.22. The van der Waals surface area contributed by atoms with Crippen LogP contribution in [-0.2, 0) is 16.1 Å². The molecule has 0 bridgehead atoms. The number of fused-ring (bicyclic) bond motifs is 1. The number of hydrogen-bond acceptors (Lipinski definition) is 4. The summed E-state index contributed by atoms with van der Waals surface area (Å²) in [6.07, 6.45) is -5.09. The van der Waals surface area contributed by atoms with Gasteiger partial charge in [0.2, 0.25) is 12.2 Å². The van der Waals surface area contributed by atoms with Crippen molar-refractivity contribution in [1.82, 2.24) is 4.90 Å². The lowest BCUT2D eigenvalue weighted by Gasteiger charge is -2.33. The number of aldehydes is 1. The minimum absolute atomic E-state index is 0.165. The van der Waals surface area contributed by atoms with Crippen molar-refractivity contribution in [3.8, 4) is 0 Å². The maximum atomic E-state index is 11.9. The van der Waals surface area contributed by atoms with Crippen LogP contribution in [0.15, 0.2) is 36.4 Å². The van der Waals surface area contributed by atoms with Crippen molar-refractivity contribution < 1.29 is 22.8 Å². The van der Waals surface area contributed by atoms with Crippen LogP contribution in [0, 0.1) is 0 Å². The van der Waals surface area contributed by atoms with Crippen LogP contribution in [0.1, 0.15) is 36.0 Å². The van der Waals surface area contributed by atoms with Crippen molar-refractivity contribution in [2.45, 2.75) is 38.0 Å². The molecule has 0 fully saturated rings.